The Morgan fingerprint density at radius 2 is 1.38 bits per heavy atom. The Labute approximate surface area is 264 Å². The normalized spacial score (nSPS) is 26.8. The molecule has 2 fully saturated rings. The van der Waals surface area contributed by atoms with Crippen molar-refractivity contribution in [3.8, 4) is 0 Å². The predicted molar refractivity (Wildman–Crippen MR) is 161 cm³/mol. The molecular formula is C32H24N6O9. The van der Waals surface area contributed by atoms with Crippen LogP contribution >= 0.6 is 0 Å². The van der Waals surface area contributed by atoms with Gasteiger partial charge in [0.25, 0.3) is 0 Å². The molecule has 1 aliphatic heterocycles. The van der Waals surface area contributed by atoms with Gasteiger partial charge in [0.2, 0.25) is 28.8 Å². The van der Waals surface area contributed by atoms with Gasteiger partial charge in [-0.2, -0.15) is 0 Å². The van der Waals surface area contributed by atoms with Crippen molar-refractivity contribution in [3.05, 3.63) is 124 Å². The number of nitrogens with two attached hydrogens (primary N) is 1. The molecule has 1 unspecified atom stereocenters. The van der Waals surface area contributed by atoms with Gasteiger partial charge in [-0.15, -0.1) is 0 Å². The lowest BCUT2D eigenvalue weighted by atomic mass is 9.77. The third-order valence-electron chi connectivity index (χ3n) is 8.88. The van der Waals surface area contributed by atoms with Crippen LogP contribution in [-0.2, 0) is 10.5 Å². The van der Waals surface area contributed by atoms with Crippen molar-refractivity contribution in [2.75, 3.05) is 5.73 Å². The van der Waals surface area contributed by atoms with Gasteiger partial charge < -0.3 is 35.9 Å². The fraction of sp³-hybridized carbons (Fsp3) is 0.188. The second-order valence-electron chi connectivity index (χ2n) is 11.4. The van der Waals surface area contributed by atoms with Crippen LogP contribution in [0.1, 0.15) is 37.5 Å². The Bertz CT molecular complexity index is 2110. The SMILES string of the molecule is Nc1nc([N+](=O)[O-])nc2c1ncn2[C@]1(C(=O)c2ccccc2)O[C@](C(=O)c2ccccc2)(C(O)C(=O)c2ccccc2)[C@]2(O)C[C@@]21O. The van der Waals surface area contributed by atoms with E-state index >= 15 is 0 Å². The van der Waals surface area contributed by atoms with E-state index < -0.39 is 74.7 Å². The number of hydrogen-bond donors (Lipinski definition) is 4. The number of anilines is 1. The van der Waals surface area contributed by atoms with Crippen LogP contribution in [0.2, 0.25) is 0 Å². The summed E-state index contributed by atoms with van der Waals surface area (Å²) in [6, 6.07) is 22.0. The first-order valence-electron chi connectivity index (χ1n) is 14.2. The Balaban J connectivity index is 1.55. The minimum Gasteiger partial charge on any atom is -0.390 e. The molecule has 3 heterocycles. The molecule has 15 nitrogen and oxygen atoms in total. The number of aliphatic hydroxyl groups is 3. The highest BCUT2D eigenvalue weighted by molar-refractivity contribution is 6.13. The summed E-state index contributed by atoms with van der Waals surface area (Å²) in [5, 5.41) is 48.5. The molecule has 15 heteroatoms. The second-order valence-corrected chi connectivity index (χ2v) is 11.4. The molecule has 5 N–H and O–H groups in total. The molecule has 0 radical (unpaired) electrons. The van der Waals surface area contributed by atoms with Crippen LogP contribution in [0.4, 0.5) is 11.8 Å². The molecule has 5 atom stereocenters. The summed E-state index contributed by atoms with van der Waals surface area (Å²) in [4.78, 5) is 65.7. The quantitative estimate of drug-likeness (QED) is 0.102. The number of Topliss-reactive ketones (excluding diaryl/α,β-unsaturated/α-hetero) is 3. The zero-order valence-corrected chi connectivity index (χ0v) is 24.1. The highest BCUT2D eigenvalue weighted by Crippen LogP contribution is 2.72. The largest absolute Gasteiger partial charge is 0.473 e. The van der Waals surface area contributed by atoms with Crippen LogP contribution in [0.25, 0.3) is 11.2 Å². The molecule has 0 amide bonds. The summed E-state index contributed by atoms with van der Waals surface area (Å²) >= 11 is 0. The average Bonchev–Trinajstić information content (AvgIpc) is 3.37. The fourth-order valence-corrected chi connectivity index (χ4v) is 6.55. The topological polar surface area (TPSA) is 234 Å². The van der Waals surface area contributed by atoms with Crippen molar-refractivity contribution in [2.45, 2.75) is 35.1 Å². The van der Waals surface area contributed by atoms with Gasteiger partial charge in [-0.1, -0.05) is 91.0 Å². The van der Waals surface area contributed by atoms with E-state index in [2.05, 4.69) is 15.0 Å². The summed E-state index contributed by atoms with van der Waals surface area (Å²) in [5.74, 6) is -4.68. The maximum atomic E-state index is 14.8. The van der Waals surface area contributed by atoms with Crippen molar-refractivity contribution >= 4 is 40.3 Å². The number of fused-ring (bicyclic) bond motifs is 2. The van der Waals surface area contributed by atoms with Crippen LogP contribution in [0, 0.1) is 10.1 Å². The van der Waals surface area contributed by atoms with E-state index in [1.165, 1.54) is 72.8 Å². The lowest BCUT2D eigenvalue weighted by Gasteiger charge is -2.40. The number of nitrogen functional groups attached to an aromatic ring is 1. The van der Waals surface area contributed by atoms with Gasteiger partial charge in [0.15, 0.2) is 28.6 Å². The standard InChI is InChI=1S/C32H24N6O9/c33-26-21-27(36-28(35-26)38(45)46)37(17-34-21)32(24(41)20-14-8-3-9-15-20)30(44)16-29(30,43)31(47-32,23(40)19-12-6-2-7-13-19)25(42)22(39)18-10-4-1-5-11-18/h1-15,17,25,42-44H,16H2,(H2,33,35,36)/t25?,29-,30+,31+,32+/m0/s1. The second kappa shape index (κ2) is 10.1. The molecule has 3 aromatic carbocycles. The number of aromatic nitrogens is 4. The van der Waals surface area contributed by atoms with Gasteiger partial charge in [0.05, 0.1) is 0 Å². The van der Waals surface area contributed by atoms with Gasteiger partial charge in [0.1, 0.15) is 11.9 Å². The van der Waals surface area contributed by atoms with Crippen LogP contribution in [0.3, 0.4) is 0 Å². The zero-order chi connectivity index (χ0) is 33.4. The van der Waals surface area contributed by atoms with Crippen molar-refractivity contribution in [1.82, 2.24) is 19.5 Å². The van der Waals surface area contributed by atoms with Crippen molar-refractivity contribution < 1.29 is 39.4 Å². The number of hydrogen-bond acceptors (Lipinski definition) is 13. The van der Waals surface area contributed by atoms with E-state index in [-0.39, 0.29) is 22.2 Å². The molecule has 1 aliphatic carbocycles. The first kappa shape index (κ1) is 29.9. The van der Waals surface area contributed by atoms with Crippen molar-refractivity contribution in [1.29, 1.82) is 0 Å². The third kappa shape index (κ3) is 3.82. The molecule has 5 aromatic rings. The van der Waals surface area contributed by atoms with Crippen molar-refractivity contribution in [3.63, 3.8) is 0 Å². The minimum absolute atomic E-state index is 0.0623. The summed E-state index contributed by atoms with van der Waals surface area (Å²) in [7, 11) is 0. The number of aliphatic hydroxyl groups excluding tert-OH is 1. The lowest BCUT2D eigenvalue weighted by Crippen LogP contribution is -2.63. The Morgan fingerprint density at radius 1 is 0.851 bits per heavy atom. The summed E-state index contributed by atoms with van der Waals surface area (Å²) in [6.45, 7) is 0. The number of benzene rings is 3. The number of rotatable bonds is 9. The van der Waals surface area contributed by atoms with Crippen LogP contribution < -0.4 is 5.73 Å². The predicted octanol–water partition coefficient (Wildman–Crippen LogP) is 1.61. The maximum Gasteiger partial charge on any atom is 0.473 e. The highest BCUT2D eigenvalue weighted by atomic mass is 16.6. The molecular weight excluding hydrogens is 612 g/mol. The highest BCUT2D eigenvalue weighted by Gasteiger charge is 2.96. The van der Waals surface area contributed by atoms with E-state index in [9.17, 15) is 39.8 Å². The Kier molecular flexibility index (Phi) is 6.45. The first-order valence-corrected chi connectivity index (χ1v) is 14.2. The van der Waals surface area contributed by atoms with E-state index in [1.54, 1.807) is 18.2 Å². The molecule has 0 bridgehead atoms. The van der Waals surface area contributed by atoms with Gasteiger partial charge in [0, 0.05) is 23.1 Å². The molecule has 0 spiro atoms. The Hall–Kier alpha value is -5.74. The average molecular weight is 637 g/mol. The maximum absolute atomic E-state index is 14.8. The molecule has 2 aliphatic rings. The molecule has 1 saturated heterocycles. The summed E-state index contributed by atoms with van der Waals surface area (Å²) in [5.41, 5.74) is -6.51. The number of ketones is 3. The van der Waals surface area contributed by atoms with Gasteiger partial charge in [-0.05, 0) is 14.9 Å². The van der Waals surface area contributed by atoms with Gasteiger partial charge in [-0.3, -0.25) is 19.0 Å². The molecule has 47 heavy (non-hydrogen) atoms. The Morgan fingerprint density at radius 3 is 1.94 bits per heavy atom. The molecule has 1 saturated carbocycles. The van der Waals surface area contributed by atoms with E-state index in [1.807, 2.05) is 0 Å². The van der Waals surface area contributed by atoms with E-state index in [0.717, 1.165) is 10.9 Å². The van der Waals surface area contributed by atoms with Gasteiger partial charge >= 0.3 is 5.95 Å². The zero-order valence-electron chi connectivity index (χ0n) is 24.1. The van der Waals surface area contributed by atoms with Crippen molar-refractivity contribution in [2.24, 2.45) is 0 Å². The number of imidazole rings is 1. The summed E-state index contributed by atoms with van der Waals surface area (Å²) in [6.07, 6.45) is -2.32. The number of carbonyl (C=O) groups is 3. The molecule has 236 valence electrons. The third-order valence-corrected chi connectivity index (χ3v) is 8.88. The lowest BCUT2D eigenvalue weighted by molar-refractivity contribution is -0.394. The smallest absolute Gasteiger partial charge is 0.390 e. The fourth-order valence-electron chi connectivity index (χ4n) is 6.55. The molecule has 2 aromatic heterocycles. The van der Waals surface area contributed by atoms with Crippen LogP contribution in [0.5, 0.6) is 0 Å². The number of nitro groups is 1. The number of carbonyl (C=O) groups excluding carboxylic acids is 3. The van der Waals surface area contributed by atoms with Gasteiger partial charge in [-0.25, -0.2) is 4.98 Å². The number of nitrogens with zero attached hydrogens (tertiary/aromatic N) is 5. The monoisotopic (exact) mass is 636 g/mol. The van der Waals surface area contributed by atoms with Crippen LogP contribution in [0.15, 0.2) is 97.3 Å². The first-order chi connectivity index (χ1) is 22.4. The van der Waals surface area contributed by atoms with E-state index in [4.69, 9.17) is 10.5 Å². The summed E-state index contributed by atoms with van der Waals surface area (Å²) < 4.78 is 7.24. The van der Waals surface area contributed by atoms with Crippen LogP contribution in [-0.4, -0.2) is 80.0 Å². The minimum atomic E-state index is -3.03. The number of ether oxygens (including phenoxy) is 1. The van der Waals surface area contributed by atoms with E-state index in [0.29, 0.717) is 0 Å². The molecule has 7 rings (SSSR count).